The average Bonchev–Trinajstić information content (AvgIpc) is 3.43. The molecule has 0 saturated heterocycles. The summed E-state index contributed by atoms with van der Waals surface area (Å²) in [5.41, 5.74) is 2.06. The Hall–Kier alpha value is -4.51. The summed E-state index contributed by atoms with van der Waals surface area (Å²) in [4.78, 5) is 24.1. The van der Waals surface area contributed by atoms with Crippen molar-refractivity contribution in [1.82, 2.24) is 10.2 Å². The van der Waals surface area contributed by atoms with E-state index in [4.69, 9.17) is 4.42 Å². The summed E-state index contributed by atoms with van der Waals surface area (Å²) in [6, 6.07) is 21.6. The van der Waals surface area contributed by atoms with Gasteiger partial charge in [-0.15, -0.1) is 5.10 Å². The standard InChI is InChI=1S/C28H26N4O6S/c33-25(29-21-15-13-19(14-16-21)18-9-11-20(12-10-18)27(34)35)26-31-32-28(38-26)30-22-5-4-8-24(17-22)39(36,37)23-6-2-1-3-7-23/h1-8,13-18,20H,9-12H2,(H,29,33)(H,30,32)(H,34,35). The minimum absolute atomic E-state index is 0.0679. The molecule has 3 aromatic carbocycles. The molecule has 1 aliphatic carbocycles. The normalized spacial score (nSPS) is 17.3. The minimum Gasteiger partial charge on any atom is -0.481 e. The maximum absolute atomic E-state index is 12.9. The van der Waals surface area contributed by atoms with E-state index in [0.717, 1.165) is 18.4 Å². The lowest BCUT2D eigenvalue weighted by molar-refractivity contribution is -0.142. The molecule has 11 heteroatoms. The monoisotopic (exact) mass is 546 g/mol. The van der Waals surface area contributed by atoms with Crippen LogP contribution in [0.1, 0.15) is 47.8 Å². The Bertz CT molecular complexity index is 1580. The zero-order valence-electron chi connectivity index (χ0n) is 20.8. The van der Waals surface area contributed by atoms with Crippen LogP contribution in [-0.4, -0.2) is 35.6 Å². The number of aliphatic carboxylic acids is 1. The molecule has 0 aliphatic heterocycles. The quantitative estimate of drug-likeness (QED) is 0.269. The largest absolute Gasteiger partial charge is 0.481 e. The van der Waals surface area contributed by atoms with Gasteiger partial charge < -0.3 is 20.2 Å². The number of carboxylic acid groups (broad SMARTS) is 1. The zero-order chi connectivity index (χ0) is 27.4. The Morgan fingerprint density at radius 1 is 0.821 bits per heavy atom. The molecule has 0 atom stereocenters. The van der Waals surface area contributed by atoms with Crippen molar-refractivity contribution in [2.75, 3.05) is 10.6 Å². The van der Waals surface area contributed by atoms with E-state index in [-0.39, 0.29) is 27.6 Å². The highest BCUT2D eigenvalue weighted by Gasteiger charge is 2.26. The number of anilines is 3. The molecule has 1 saturated carbocycles. The van der Waals surface area contributed by atoms with Crippen molar-refractivity contribution in [2.45, 2.75) is 41.4 Å². The summed E-state index contributed by atoms with van der Waals surface area (Å²) < 4.78 is 31.2. The lowest BCUT2D eigenvalue weighted by Crippen LogP contribution is -2.20. The predicted molar refractivity (Wildman–Crippen MR) is 143 cm³/mol. The van der Waals surface area contributed by atoms with Crippen LogP contribution in [-0.2, 0) is 14.6 Å². The maximum atomic E-state index is 12.9. The van der Waals surface area contributed by atoms with Gasteiger partial charge in [0.1, 0.15) is 0 Å². The molecule has 5 rings (SSSR count). The van der Waals surface area contributed by atoms with Crippen LogP contribution in [0.4, 0.5) is 17.4 Å². The number of aromatic nitrogens is 2. The van der Waals surface area contributed by atoms with E-state index in [1.165, 1.54) is 24.3 Å². The van der Waals surface area contributed by atoms with Crippen LogP contribution >= 0.6 is 0 Å². The number of hydrogen-bond acceptors (Lipinski definition) is 8. The van der Waals surface area contributed by atoms with Gasteiger partial charge in [0.05, 0.1) is 15.7 Å². The van der Waals surface area contributed by atoms with E-state index < -0.39 is 21.7 Å². The highest BCUT2D eigenvalue weighted by atomic mass is 32.2. The SMILES string of the molecule is O=C(Nc1ccc(C2CCC(C(=O)O)CC2)cc1)c1nnc(Nc2cccc(S(=O)(=O)c3ccccc3)c2)o1. The molecule has 0 radical (unpaired) electrons. The Morgan fingerprint density at radius 3 is 2.21 bits per heavy atom. The summed E-state index contributed by atoms with van der Waals surface area (Å²) in [7, 11) is -3.71. The summed E-state index contributed by atoms with van der Waals surface area (Å²) >= 11 is 0. The molecular weight excluding hydrogens is 520 g/mol. The van der Waals surface area contributed by atoms with Crippen LogP contribution in [0.15, 0.2) is 93.1 Å². The fraction of sp³-hybridized carbons (Fsp3) is 0.214. The Balaban J connectivity index is 1.20. The molecule has 4 aromatic rings. The number of nitrogens with one attached hydrogen (secondary N) is 2. The van der Waals surface area contributed by atoms with Crippen molar-refractivity contribution >= 4 is 39.1 Å². The average molecular weight is 547 g/mol. The first kappa shape index (κ1) is 26.1. The van der Waals surface area contributed by atoms with Gasteiger partial charge in [-0.2, -0.15) is 0 Å². The van der Waals surface area contributed by atoms with E-state index in [9.17, 15) is 23.1 Å². The van der Waals surface area contributed by atoms with Gasteiger partial charge in [-0.1, -0.05) is 41.5 Å². The Morgan fingerprint density at radius 2 is 1.51 bits per heavy atom. The lowest BCUT2D eigenvalue weighted by Gasteiger charge is -2.26. The van der Waals surface area contributed by atoms with Gasteiger partial charge in [-0.05, 0) is 79.6 Å². The van der Waals surface area contributed by atoms with Gasteiger partial charge >= 0.3 is 23.8 Å². The van der Waals surface area contributed by atoms with Crippen LogP contribution < -0.4 is 10.6 Å². The molecule has 10 nitrogen and oxygen atoms in total. The number of carboxylic acids is 1. The molecule has 1 aliphatic rings. The molecule has 0 spiro atoms. The topological polar surface area (TPSA) is 151 Å². The van der Waals surface area contributed by atoms with Crippen LogP contribution in [0.3, 0.4) is 0 Å². The highest BCUT2D eigenvalue weighted by molar-refractivity contribution is 7.91. The third-order valence-electron chi connectivity index (χ3n) is 6.78. The number of carbonyl (C=O) groups excluding carboxylic acids is 1. The van der Waals surface area contributed by atoms with Crippen LogP contribution in [0.2, 0.25) is 0 Å². The second-order valence-electron chi connectivity index (χ2n) is 9.34. The third kappa shape index (κ3) is 5.99. The first-order valence-corrected chi connectivity index (χ1v) is 13.9. The molecule has 1 heterocycles. The second-order valence-corrected chi connectivity index (χ2v) is 11.3. The van der Waals surface area contributed by atoms with E-state index >= 15 is 0 Å². The van der Waals surface area contributed by atoms with Crippen molar-refractivity contribution in [3.8, 4) is 0 Å². The molecule has 0 unspecified atom stereocenters. The summed E-state index contributed by atoms with van der Waals surface area (Å²) in [6.45, 7) is 0. The van der Waals surface area contributed by atoms with Crippen LogP contribution in [0.5, 0.6) is 0 Å². The molecular formula is C28H26N4O6S. The second kappa shape index (κ2) is 11.1. The Labute approximate surface area is 225 Å². The summed E-state index contributed by atoms with van der Waals surface area (Å²) in [5.74, 6) is -1.54. The zero-order valence-corrected chi connectivity index (χ0v) is 21.6. The van der Waals surface area contributed by atoms with Gasteiger partial charge in [0.25, 0.3) is 0 Å². The maximum Gasteiger partial charge on any atom is 0.320 e. The molecule has 0 bridgehead atoms. The molecule has 1 aromatic heterocycles. The fourth-order valence-corrected chi connectivity index (χ4v) is 5.99. The van der Waals surface area contributed by atoms with Crippen LogP contribution in [0, 0.1) is 5.92 Å². The van der Waals surface area contributed by atoms with Crippen molar-refractivity contribution in [1.29, 1.82) is 0 Å². The number of rotatable bonds is 8. The first-order chi connectivity index (χ1) is 18.8. The smallest absolute Gasteiger partial charge is 0.320 e. The minimum atomic E-state index is -3.71. The van der Waals surface area contributed by atoms with Crippen molar-refractivity contribution in [2.24, 2.45) is 5.92 Å². The number of carbonyl (C=O) groups is 2. The molecule has 200 valence electrons. The van der Waals surface area contributed by atoms with Gasteiger partial charge in [0, 0.05) is 11.4 Å². The third-order valence-corrected chi connectivity index (χ3v) is 8.55. The Kier molecular flexibility index (Phi) is 7.42. The number of nitrogens with zero attached hydrogens (tertiary/aromatic N) is 2. The van der Waals surface area contributed by atoms with E-state index in [2.05, 4.69) is 20.8 Å². The molecule has 39 heavy (non-hydrogen) atoms. The van der Waals surface area contributed by atoms with Gasteiger partial charge in [-0.25, -0.2) is 8.42 Å². The van der Waals surface area contributed by atoms with E-state index in [0.29, 0.717) is 30.1 Å². The molecule has 1 fully saturated rings. The summed E-state index contributed by atoms with van der Waals surface area (Å²) in [6.07, 6.45) is 2.97. The van der Waals surface area contributed by atoms with Crippen LogP contribution in [0.25, 0.3) is 0 Å². The summed E-state index contributed by atoms with van der Waals surface area (Å²) in [5, 5.41) is 22.4. The fourth-order valence-electron chi connectivity index (χ4n) is 4.66. The number of amides is 1. The van der Waals surface area contributed by atoms with Crippen molar-refractivity contribution < 1.29 is 27.5 Å². The number of hydrogen-bond donors (Lipinski definition) is 3. The highest BCUT2D eigenvalue weighted by Crippen LogP contribution is 2.36. The number of benzene rings is 3. The first-order valence-electron chi connectivity index (χ1n) is 12.4. The molecule has 3 N–H and O–H groups in total. The van der Waals surface area contributed by atoms with Gasteiger partial charge in [-0.3, -0.25) is 9.59 Å². The molecule has 1 amide bonds. The number of sulfone groups is 1. The predicted octanol–water partition coefficient (Wildman–Crippen LogP) is 5.26. The lowest BCUT2D eigenvalue weighted by atomic mass is 9.79. The van der Waals surface area contributed by atoms with Crippen molar-refractivity contribution in [3.05, 3.63) is 90.3 Å². The van der Waals surface area contributed by atoms with E-state index in [1.807, 2.05) is 12.1 Å². The van der Waals surface area contributed by atoms with Gasteiger partial charge in [0.2, 0.25) is 9.84 Å². The van der Waals surface area contributed by atoms with E-state index in [1.54, 1.807) is 42.5 Å². The van der Waals surface area contributed by atoms with Gasteiger partial charge in [0.15, 0.2) is 0 Å². The van der Waals surface area contributed by atoms with Crippen molar-refractivity contribution in [3.63, 3.8) is 0 Å².